The van der Waals surface area contributed by atoms with E-state index in [-0.39, 0.29) is 42.9 Å². The molecular weight excluding hydrogens is 369 g/mol. The molecule has 1 amide bonds. The van der Waals surface area contributed by atoms with Gasteiger partial charge in [-0.25, -0.2) is 4.98 Å². The van der Waals surface area contributed by atoms with Crippen molar-refractivity contribution in [3.05, 3.63) is 11.6 Å². The monoisotopic (exact) mass is 396 g/mol. The zero-order valence-electron chi connectivity index (χ0n) is 16.2. The van der Waals surface area contributed by atoms with Gasteiger partial charge in [-0.3, -0.25) is 9.89 Å². The third-order valence-electron chi connectivity index (χ3n) is 7.80. The summed E-state index contributed by atoms with van der Waals surface area (Å²) in [5.41, 5.74) is -2.45. The normalized spacial score (nSPS) is 40.1. The van der Waals surface area contributed by atoms with E-state index in [2.05, 4.69) is 15.2 Å². The van der Waals surface area contributed by atoms with Crippen molar-refractivity contribution in [3.8, 4) is 0 Å². The fourth-order valence-electron chi connectivity index (χ4n) is 7.09. The highest BCUT2D eigenvalue weighted by Crippen LogP contribution is 2.69. The van der Waals surface area contributed by atoms with E-state index in [1.165, 1.54) is 0 Å². The molecule has 1 aromatic rings. The lowest BCUT2D eigenvalue weighted by Gasteiger charge is -2.62. The number of hydrogen-bond donors (Lipinski definition) is 1. The van der Waals surface area contributed by atoms with Gasteiger partial charge < -0.3 is 4.90 Å². The summed E-state index contributed by atoms with van der Waals surface area (Å²) in [4.78, 5) is 19.9. The largest absolute Gasteiger partial charge is 0.394 e. The minimum Gasteiger partial charge on any atom is -0.341 e. The second kappa shape index (κ2) is 5.95. The van der Waals surface area contributed by atoms with Gasteiger partial charge in [0.1, 0.15) is 5.82 Å². The molecule has 4 saturated carbocycles. The molecule has 0 aromatic carbocycles. The Kier molecular flexibility index (Phi) is 3.92. The first kappa shape index (κ1) is 18.4. The van der Waals surface area contributed by atoms with Gasteiger partial charge in [-0.2, -0.15) is 18.3 Å². The standard InChI is InChI=1S/C20H27F3N4O/c1-12-24-16(26-25-12)15-3-2-4-27(10-15)17(28)18-6-13-5-14(7-18)9-19(8-13,11-18)20(21,22)23/h13-15H,2-11H2,1H3,(H,24,25,26). The maximum absolute atomic E-state index is 14.0. The van der Waals surface area contributed by atoms with Crippen molar-refractivity contribution in [1.82, 2.24) is 20.1 Å². The zero-order chi connectivity index (χ0) is 19.7. The van der Waals surface area contributed by atoms with E-state index < -0.39 is 17.0 Å². The number of rotatable bonds is 2. The third-order valence-corrected chi connectivity index (χ3v) is 7.80. The Bertz CT molecular complexity index is 775. The second-order valence-corrected chi connectivity index (χ2v) is 9.89. The maximum atomic E-state index is 14.0. The van der Waals surface area contributed by atoms with Gasteiger partial charge in [0.05, 0.1) is 10.8 Å². The number of alkyl halides is 3. The molecule has 5 aliphatic rings. The lowest BCUT2D eigenvalue weighted by Crippen LogP contribution is -2.62. The molecule has 1 aliphatic heterocycles. The van der Waals surface area contributed by atoms with Crippen LogP contribution in [0.1, 0.15) is 68.9 Å². The number of aryl methyl sites for hydroxylation is 1. The van der Waals surface area contributed by atoms with E-state index in [9.17, 15) is 18.0 Å². The van der Waals surface area contributed by atoms with Crippen LogP contribution in [0.3, 0.4) is 0 Å². The van der Waals surface area contributed by atoms with E-state index in [0.717, 1.165) is 25.1 Å². The summed E-state index contributed by atoms with van der Waals surface area (Å²) >= 11 is 0. The van der Waals surface area contributed by atoms with E-state index in [1.807, 2.05) is 11.8 Å². The molecule has 28 heavy (non-hydrogen) atoms. The molecule has 1 saturated heterocycles. The first-order valence-corrected chi connectivity index (χ1v) is 10.4. The minimum atomic E-state index is -4.21. The second-order valence-electron chi connectivity index (χ2n) is 9.89. The van der Waals surface area contributed by atoms with Crippen LogP contribution >= 0.6 is 0 Å². The molecule has 6 rings (SSSR count). The summed E-state index contributed by atoms with van der Waals surface area (Å²) in [7, 11) is 0. The van der Waals surface area contributed by atoms with Gasteiger partial charge in [0.25, 0.3) is 0 Å². The van der Waals surface area contributed by atoms with Crippen molar-refractivity contribution in [2.45, 2.75) is 70.4 Å². The highest BCUT2D eigenvalue weighted by atomic mass is 19.4. The van der Waals surface area contributed by atoms with Crippen molar-refractivity contribution >= 4 is 5.91 Å². The summed E-state index contributed by atoms with van der Waals surface area (Å²) in [6.45, 7) is 3.00. The van der Waals surface area contributed by atoms with Gasteiger partial charge >= 0.3 is 6.18 Å². The van der Waals surface area contributed by atoms with Crippen LogP contribution < -0.4 is 0 Å². The highest BCUT2D eigenvalue weighted by Gasteiger charge is 2.69. The Morgan fingerprint density at radius 3 is 2.54 bits per heavy atom. The van der Waals surface area contributed by atoms with Crippen LogP contribution in [0.2, 0.25) is 0 Å². The van der Waals surface area contributed by atoms with Crippen LogP contribution in [0, 0.1) is 29.6 Å². The molecule has 0 spiro atoms. The average Bonchev–Trinajstić information content (AvgIpc) is 3.06. The molecule has 4 aliphatic carbocycles. The summed E-state index contributed by atoms with van der Waals surface area (Å²) in [6.07, 6.45) is 0.132. The summed E-state index contributed by atoms with van der Waals surface area (Å²) in [5.74, 6) is 1.57. The Hall–Kier alpha value is -1.60. The number of hydrogen-bond acceptors (Lipinski definition) is 3. The minimum absolute atomic E-state index is 0.00371. The SMILES string of the molecule is Cc1nc(C2CCCN(C(=O)C34CC5CC(C3)CC(C(F)(F)F)(C5)C4)C2)n[nH]1. The highest BCUT2D eigenvalue weighted by molar-refractivity contribution is 5.83. The number of carbonyl (C=O) groups is 1. The Labute approximate surface area is 162 Å². The molecule has 5 fully saturated rings. The van der Waals surface area contributed by atoms with Crippen molar-refractivity contribution in [2.24, 2.45) is 22.7 Å². The van der Waals surface area contributed by atoms with Gasteiger partial charge in [0.2, 0.25) is 5.91 Å². The van der Waals surface area contributed by atoms with Crippen molar-refractivity contribution in [2.75, 3.05) is 13.1 Å². The van der Waals surface area contributed by atoms with Crippen LogP contribution in [0.5, 0.6) is 0 Å². The van der Waals surface area contributed by atoms with Crippen LogP contribution in [0.15, 0.2) is 0 Å². The fraction of sp³-hybridized carbons (Fsp3) is 0.850. The number of piperidine rings is 1. The topological polar surface area (TPSA) is 61.9 Å². The quantitative estimate of drug-likeness (QED) is 0.823. The van der Waals surface area contributed by atoms with Crippen molar-refractivity contribution < 1.29 is 18.0 Å². The lowest BCUT2D eigenvalue weighted by molar-refractivity contribution is -0.284. The Morgan fingerprint density at radius 2 is 1.93 bits per heavy atom. The number of amides is 1. The number of likely N-dealkylation sites (tertiary alicyclic amines) is 1. The smallest absolute Gasteiger partial charge is 0.341 e. The summed E-state index contributed by atoms with van der Waals surface area (Å²) < 4.78 is 42.0. The van der Waals surface area contributed by atoms with Crippen LogP contribution in [0.25, 0.3) is 0 Å². The van der Waals surface area contributed by atoms with E-state index in [4.69, 9.17) is 0 Å². The number of aromatic nitrogens is 3. The van der Waals surface area contributed by atoms with Crippen LogP contribution in [0.4, 0.5) is 13.2 Å². The Morgan fingerprint density at radius 1 is 1.21 bits per heavy atom. The zero-order valence-corrected chi connectivity index (χ0v) is 16.2. The molecule has 1 aromatic heterocycles. The predicted molar refractivity (Wildman–Crippen MR) is 95.3 cm³/mol. The van der Waals surface area contributed by atoms with Gasteiger partial charge in [-0.05, 0) is 70.1 Å². The first-order chi connectivity index (χ1) is 13.2. The summed E-state index contributed by atoms with van der Waals surface area (Å²) in [6, 6.07) is 0. The lowest BCUT2D eigenvalue weighted by atomic mass is 9.43. The van der Waals surface area contributed by atoms with Crippen molar-refractivity contribution in [1.29, 1.82) is 0 Å². The molecule has 8 heteroatoms. The average molecular weight is 396 g/mol. The number of H-pyrrole nitrogens is 1. The molecule has 0 radical (unpaired) electrons. The van der Waals surface area contributed by atoms with Gasteiger partial charge in [-0.15, -0.1) is 0 Å². The molecular formula is C20H27F3N4O. The van der Waals surface area contributed by atoms with Crippen LogP contribution in [-0.4, -0.2) is 45.3 Å². The Balaban J connectivity index is 1.40. The predicted octanol–water partition coefficient (Wildman–Crippen LogP) is 3.97. The number of nitrogens with zero attached hydrogens (tertiary/aromatic N) is 3. The molecule has 2 heterocycles. The third kappa shape index (κ3) is 2.70. The summed E-state index contributed by atoms with van der Waals surface area (Å²) in [5, 5.41) is 7.10. The first-order valence-electron chi connectivity index (χ1n) is 10.4. The van der Waals surface area contributed by atoms with Gasteiger partial charge in [-0.1, -0.05) is 0 Å². The van der Waals surface area contributed by atoms with Gasteiger partial charge in [0, 0.05) is 19.0 Å². The van der Waals surface area contributed by atoms with E-state index in [0.29, 0.717) is 31.8 Å². The van der Waals surface area contributed by atoms with E-state index >= 15 is 0 Å². The number of halogens is 3. The molecule has 3 atom stereocenters. The molecule has 154 valence electrons. The molecule has 5 nitrogen and oxygen atoms in total. The number of aromatic amines is 1. The number of carbonyl (C=O) groups excluding carboxylic acids is 1. The van der Waals surface area contributed by atoms with Crippen LogP contribution in [-0.2, 0) is 4.79 Å². The fourth-order valence-corrected chi connectivity index (χ4v) is 7.09. The maximum Gasteiger partial charge on any atom is 0.394 e. The molecule has 3 unspecified atom stereocenters. The number of nitrogens with one attached hydrogen (secondary N) is 1. The molecule has 1 N–H and O–H groups in total. The van der Waals surface area contributed by atoms with Gasteiger partial charge in [0.15, 0.2) is 5.82 Å². The van der Waals surface area contributed by atoms with E-state index in [1.54, 1.807) is 0 Å². The molecule has 4 bridgehead atoms. The van der Waals surface area contributed by atoms with Crippen molar-refractivity contribution in [3.63, 3.8) is 0 Å².